The van der Waals surface area contributed by atoms with Crippen molar-refractivity contribution in [2.24, 2.45) is 0 Å². The Labute approximate surface area is 163 Å². The largest absolute Gasteiger partial charge is 0.456 e. The maximum Gasteiger partial charge on any atom is 0.407 e. The Bertz CT molecular complexity index is 1110. The molecule has 140 valence electrons. The summed E-state index contributed by atoms with van der Waals surface area (Å²) in [6.07, 6.45) is 4.42. The second kappa shape index (κ2) is 8.44. The number of amides is 1. The summed E-state index contributed by atoms with van der Waals surface area (Å²) in [5.41, 5.74) is 3.86. The zero-order valence-corrected chi connectivity index (χ0v) is 15.4. The molecule has 1 aromatic heterocycles. The fourth-order valence-electron chi connectivity index (χ4n) is 3.10. The Kier molecular flexibility index (Phi) is 5.38. The zero-order chi connectivity index (χ0) is 19.2. The summed E-state index contributed by atoms with van der Waals surface area (Å²) in [5, 5.41) is 4.99. The first kappa shape index (κ1) is 17.9. The van der Waals surface area contributed by atoms with Crippen LogP contribution in [-0.4, -0.2) is 12.6 Å². The number of alkyl carbamates (subject to hydrolysis) is 1. The Morgan fingerprint density at radius 2 is 1.71 bits per heavy atom. The van der Waals surface area contributed by atoms with Crippen LogP contribution < -0.4 is 5.32 Å². The van der Waals surface area contributed by atoms with Gasteiger partial charge in [-0.05, 0) is 35.7 Å². The van der Waals surface area contributed by atoms with E-state index in [1.165, 1.54) is 0 Å². The van der Waals surface area contributed by atoms with E-state index in [4.69, 9.17) is 9.15 Å². The van der Waals surface area contributed by atoms with E-state index >= 15 is 0 Å². The van der Waals surface area contributed by atoms with Crippen LogP contribution in [0.25, 0.3) is 28.0 Å². The molecule has 0 bridgehead atoms. The van der Waals surface area contributed by atoms with Gasteiger partial charge in [0.2, 0.25) is 0 Å². The molecule has 4 nitrogen and oxygen atoms in total. The molecule has 28 heavy (non-hydrogen) atoms. The fraction of sp³-hybridized carbons (Fsp3) is 0.125. The first-order chi connectivity index (χ1) is 13.8. The number of ether oxygens (including phenoxy) is 1. The molecular weight excluding hydrogens is 350 g/mol. The van der Waals surface area contributed by atoms with Crippen LogP contribution in [0.2, 0.25) is 0 Å². The van der Waals surface area contributed by atoms with Gasteiger partial charge in [0.1, 0.15) is 17.8 Å². The van der Waals surface area contributed by atoms with Gasteiger partial charge in [-0.1, -0.05) is 66.7 Å². The number of fused-ring (bicyclic) bond motifs is 3. The van der Waals surface area contributed by atoms with E-state index in [-0.39, 0.29) is 6.61 Å². The zero-order valence-electron chi connectivity index (χ0n) is 15.4. The summed E-state index contributed by atoms with van der Waals surface area (Å²) in [7, 11) is 0. The molecule has 0 aliphatic carbocycles. The number of furan rings is 1. The fourth-order valence-corrected chi connectivity index (χ4v) is 3.10. The highest BCUT2D eigenvalue weighted by molar-refractivity contribution is 6.05. The highest BCUT2D eigenvalue weighted by atomic mass is 16.5. The van der Waals surface area contributed by atoms with Crippen LogP contribution in [0.3, 0.4) is 0 Å². The lowest BCUT2D eigenvalue weighted by molar-refractivity contribution is 0.140. The van der Waals surface area contributed by atoms with Gasteiger partial charge in [0.05, 0.1) is 0 Å². The van der Waals surface area contributed by atoms with Crippen molar-refractivity contribution in [1.82, 2.24) is 5.32 Å². The summed E-state index contributed by atoms with van der Waals surface area (Å²) in [5.74, 6) is 0. The lowest BCUT2D eigenvalue weighted by Crippen LogP contribution is -2.24. The van der Waals surface area contributed by atoms with E-state index in [2.05, 4.69) is 23.5 Å². The average Bonchev–Trinajstić information content (AvgIpc) is 3.11. The monoisotopic (exact) mass is 371 g/mol. The number of para-hydroxylation sites is 1. The molecule has 0 saturated carbocycles. The van der Waals surface area contributed by atoms with Crippen molar-refractivity contribution in [3.8, 4) is 0 Å². The van der Waals surface area contributed by atoms with Gasteiger partial charge in [-0.2, -0.15) is 0 Å². The van der Waals surface area contributed by atoms with Crippen LogP contribution >= 0.6 is 0 Å². The van der Waals surface area contributed by atoms with Crippen molar-refractivity contribution < 1.29 is 13.9 Å². The topological polar surface area (TPSA) is 51.5 Å². The standard InChI is InChI=1S/C24H21NO3/c26-24(27-17-19-9-2-1-3-10-19)25-15-7-6-8-18-13-14-23-21(16-18)20-11-4-5-12-22(20)28-23/h1-6,8-14,16H,7,15,17H2,(H,25,26). The predicted octanol–water partition coefficient (Wildman–Crippen LogP) is 5.92. The molecule has 1 heterocycles. The Balaban J connectivity index is 1.28. The minimum absolute atomic E-state index is 0.279. The maximum atomic E-state index is 11.7. The van der Waals surface area contributed by atoms with Gasteiger partial charge in [0.15, 0.2) is 0 Å². The number of hydrogen-bond acceptors (Lipinski definition) is 3. The second-order valence-corrected chi connectivity index (χ2v) is 6.53. The second-order valence-electron chi connectivity index (χ2n) is 6.53. The molecule has 0 aliphatic heterocycles. The first-order valence-corrected chi connectivity index (χ1v) is 9.32. The van der Waals surface area contributed by atoms with Gasteiger partial charge in [0.25, 0.3) is 0 Å². The summed E-state index contributed by atoms with van der Waals surface area (Å²) in [4.78, 5) is 11.7. The van der Waals surface area contributed by atoms with Gasteiger partial charge in [-0.25, -0.2) is 4.79 Å². The first-order valence-electron chi connectivity index (χ1n) is 9.32. The Morgan fingerprint density at radius 1 is 0.929 bits per heavy atom. The van der Waals surface area contributed by atoms with E-state index in [0.717, 1.165) is 39.5 Å². The molecule has 4 heteroatoms. The molecule has 0 aliphatic rings. The van der Waals surface area contributed by atoms with Gasteiger partial charge < -0.3 is 14.5 Å². The molecule has 4 aromatic rings. The lowest BCUT2D eigenvalue weighted by Gasteiger charge is -2.05. The lowest BCUT2D eigenvalue weighted by atomic mass is 10.1. The summed E-state index contributed by atoms with van der Waals surface area (Å²) < 4.78 is 11.0. The molecule has 1 amide bonds. The van der Waals surface area contributed by atoms with Gasteiger partial charge in [-0.15, -0.1) is 0 Å². The number of benzene rings is 3. The van der Waals surface area contributed by atoms with Crippen molar-refractivity contribution in [3.63, 3.8) is 0 Å². The number of hydrogen-bond donors (Lipinski definition) is 1. The molecule has 3 aromatic carbocycles. The normalized spacial score (nSPS) is 11.3. The quantitative estimate of drug-likeness (QED) is 0.428. The van der Waals surface area contributed by atoms with Crippen LogP contribution in [-0.2, 0) is 11.3 Å². The van der Waals surface area contributed by atoms with E-state index in [1.807, 2.05) is 66.7 Å². The minimum atomic E-state index is -0.400. The summed E-state index contributed by atoms with van der Waals surface area (Å²) in [6.45, 7) is 0.808. The van der Waals surface area contributed by atoms with E-state index in [9.17, 15) is 4.79 Å². The van der Waals surface area contributed by atoms with Crippen molar-refractivity contribution in [3.05, 3.63) is 90.0 Å². The molecule has 0 radical (unpaired) electrons. The van der Waals surface area contributed by atoms with Crippen LogP contribution in [0, 0.1) is 0 Å². The van der Waals surface area contributed by atoms with Gasteiger partial charge in [0, 0.05) is 17.3 Å². The maximum absolute atomic E-state index is 11.7. The number of carbonyl (C=O) groups excluding carboxylic acids is 1. The SMILES string of the molecule is O=C(NCCC=Cc1ccc2oc3ccccc3c2c1)OCc1ccccc1. The predicted molar refractivity (Wildman–Crippen MR) is 112 cm³/mol. The molecule has 4 rings (SSSR count). The highest BCUT2D eigenvalue weighted by Gasteiger charge is 2.05. The molecule has 0 saturated heterocycles. The smallest absolute Gasteiger partial charge is 0.407 e. The summed E-state index contributed by atoms with van der Waals surface area (Å²) in [6, 6.07) is 23.8. The van der Waals surface area contributed by atoms with E-state index < -0.39 is 6.09 Å². The third-order valence-electron chi connectivity index (χ3n) is 4.50. The van der Waals surface area contributed by atoms with Crippen molar-refractivity contribution in [2.45, 2.75) is 13.0 Å². The molecule has 1 N–H and O–H groups in total. The number of carbonyl (C=O) groups is 1. The Hall–Kier alpha value is -3.53. The third kappa shape index (κ3) is 4.23. The van der Waals surface area contributed by atoms with E-state index in [1.54, 1.807) is 0 Å². The summed E-state index contributed by atoms with van der Waals surface area (Å²) >= 11 is 0. The molecule has 0 atom stereocenters. The van der Waals surface area contributed by atoms with Crippen LogP contribution in [0.5, 0.6) is 0 Å². The van der Waals surface area contributed by atoms with Crippen LogP contribution in [0.1, 0.15) is 17.5 Å². The molecule has 0 unspecified atom stereocenters. The van der Waals surface area contributed by atoms with Crippen molar-refractivity contribution >= 4 is 34.1 Å². The number of nitrogens with one attached hydrogen (secondary N) is 1. The van der Waals surface area contributed by atoms with Crippen molar-refractivity contribution in [2.75, 3.05) is 6.54 Å². The van der Waals surface area contributed by atoms with Gasteiger partial charge in [-0.3, -0.25) is 0 Å². The molecule has 0 spiro atoms. The average molecular weight is 371 g/mol. The number of rotatable bonds is 6. The molecular formula is C24H21NO3. The molecule has 0 fully saturated rings. The van der Waals surface area contributed by atoms with Crippen molar-refractivity contribution in [1.29, 1.82) is 0 Å². The third-order valence-corrected chi connectivity index (χ3v) is 4.50. The highest BCUT2D eigenvalue weighted by Crippen LogP contribution is 2.29. The van der Waals surface area contributed by atoms with Crippen LogP contribution in [0.15, 0.2) is 83.3 Å². The van der Waals surface area contributed by atoms with Crippen LogP contribution in [0.4, 0.5) is 4.79 Å². The van der Waals surface area contributed by atoms with Gasteiger partial charge >= 0.3 is 6.09 Å². The van der Waals surface area contributed by atoms with E-state index in [0.29, 0.717) is 6.54 Å². The Morgan fingerprint density at radius 3 is 2.61 bits per heavy atom. The minimum Gasteiger partial charge on any atom is -0.456 e.